The fourth-order valence-electron chi connectivity index (χ4n) is 2.91. The van der Waals surface area contributed by atoms with E-state index in [1.807, 2.05) is 0 Å². The highest BCUT2D eigenvalue weighted by Gasteiger charge is 2.41. The molecule has 0 amide bonds. The van der Waals surface area contributed by atoms with Crippen molar-refractivity contribution in [2.75, 3.05) is 26.2 Å². The molecule has 78 valence electrons. The molecule has 0 aromatic heterocycles. The Balaban J connectivity index is 1.82. The predicted molar refractivity (Wildman–Crippen MR) is 55.7 cm³/mol. The smallest absolute Gasteiger partial charge is 0.0622 e. The lowest BCUT2D eigenvalue weighted by molar-refractivity contribution is 0.238. The molecule has 2 fully saturated rings. The molecule has 2 saturated heterocycles. The van der Waals surface area contributed by atoms with E-state index in [1.165, 1.54) is 19.6 Å². The third-order valence-electron chi connectivity index (χ3n) is 3.79. The van der Waals surface area contributed by atoms with Crippen molar-refractivity contribution in [3.05, 3.63) is 0 Å². The number of nitrogens with zero attached hydrogens (tertiary/aromatic N) is 2. The highest BCUT2D eigenvalue weighted by atomic mass is 15.2. The van der Waals surface area contributed by atoms with Crippen molar-refractivity contribution < 1.29 is 0 Å². The number of nitrogens with one attached hydrogen (secondary N) is 1. The van der Waals surface area contributed by atoms with Crippen LogP contribution in [0.4, 0.5) is 0 Å². The normalized spacial score (nSPS) is 37.0. The molecule has 0 saturated carbocycles. The van der Waals surface area contributed by atoms with E-state index in [0.717, 1.165) is 24.8 Å². The molecule has 0 aliphatic carbocycles. The van der Waals surface area contributed by atoms with E-state index in [-0.39, 0.29) is 0 Å². The van der Waals surface area contributed by atoms with Crippen molar-refractivity contribution in [2.45, 2.75) is 25.8 Å². The van der Waals surface area contributed by atoms with Gasteiger partial charge in [-0.1, -0.05) is 0 Å². The van der Waals surface area contributed by atoms with E-state index >= 15 is 0 Å². The van der Waals surface area contributed by atoms with Crippen molar-refractivity contribution in [2.24, 2.45) is 11.8 Å². The summed E-state index contributed by atoms with van der Waals surface area (Å²) in [6, 6.07) is 2.93. The van der Waals surface area contributed by atoms with Crippen molar-refractivity contribution in [1.29, 1.82) is 5.26 Å². The molecule has 3 heteroatoms. The number of unbranched alkanes of at least 4 members (excludes halogenated alkanes) is 1. The maximum absolute atomic E-state index is 8.49. The molecule has 2 aliphatic heterocycles. The second kappa shape index (κ2) is 4.29. The molecule has 0 spiro atoms. The van der Waals surface area contributed by atoms with Crippen LogP contribution in [-0.2, 0) is 0 Å². The molecular weight excluding hydrogens is 174 g/mol. The van der Waals surface area contributed by atoms with Gasteiger partial charge >= 0.3 is 0 Å². The monoisotopic (exact) mass is 193 g/mol. The first kappa shape index (κ1) is 9.95. The molecule has 3 unspecified atom stereocenters. The zero-order valence-corrected chi connectivity index (χ0v) is 8.87. The molecule has 2 rings (SSSR count). The predicted octanol–water partition coefficient (Wildman–Crippen LogP) is 0.830. The average Bonchev–Trinajstić information content (AvgIpc) is 2.72. The van der Waals surface area contributed by atoms with Gasteiger partial charge in [-0.25, -0.2) is 0 Å². The molecule has 3 atom stereocenters. The van der Waals surface area contributed by atoms with Crippen molar-refractivity contribution >= 4 is 0 Å². The molecule has 0 bridgehead atoms. The number of fused-ring (bicyclic) bond motifs is 1. The molecule has 1 N–H and O–H groups in total. The summed E-state index contributed by atoms with van der Waals surface area (Å²) in [5, 5.41) is 12.0. The number of likely N-dealkylation sites (tertiary alicyclic amines) is 1. The van der Waals surface area contributed by atoms with Crippen LogP contribution in [0.25, 0.3) is 0 Å². The van der Waals surface area contributed by atoms with E-state index in [4.69, 9.17) is 5.26 Å². The molecule has 2 aliphatic rings. The van der Waals surface area contributed by atoms with Gasteiger partial charge in [-0.3, -0.25) is 4.90 Å². The van der Waals surface area contributed by atoms with Gasteiger partial charge in [0.1, 0.15) is 0 Å². The standard InChI is InChI=1S/C11H19N3/c1-9-11-7-13-6-10(11)8-14(9)5-3-2-4-12/h9-11,13H,2-3,5-8H2,1H3. The first-order valence-electron chi connectivity index (χ1n) is 5.64. The SMILES string of the molecule is CC1C2CNCC2CN1CCCC#N. The number of nitriles is 1. The maximum atomic E-state index is 8.49. The van der Waals surface area contributed by atoms with E-state index in [1.54, 1.807) is 0 Å². The first-order chi connectivity index (χ1) is 6.83. The van der Waals surface area contributed by atoms with Gasteiger partial charge in [-0.05, 0) is 44.8 Å². The van der Waals surface area contributed by atoms with Gasteiger partial charge in [0, 0.05) is 19.0 Å². The number of rotatable bonds is 3. The minimum Gasteiger partial charge on any atom is -0.316 e. The lowest BCUT2D eigenvalue weighted by Gasteiger charge is -2.23. The van der Waals surface area contributed by atoms with Gasteiger partial charge in [-0.2, -0.15) is 5.26 Å². The molecule has 14 heavy (non-hydrogen) atoms. The van der Waals surface area contributed by atoms with E-state index in [2.05, 4.69) is 23.2 Å². The van der Waals surface area contributed by atoms with Crippen LogP contribution in [0.3, 0.4) is 0 Å². The van der Waals surface area contributed by atoms with Crippen molar-refractivity contribution in [3.8, 4) is 6.07 Å². The summed E-state index contributed by atoms with van der Waals surface area (Å²) >= 11 is 0. The Labute approximate surface area is 86.1 Å². The van der Waals surface area contributed by atoms with Crippen LogP contribution in [0.5, 0.6) is 0 Å². The van der Waals surface area contributed by atoms with E-state index in [0.29, 0.717) is 12.5 Å². The highest BCUT2D eigenvalue weighted by Crippen LogP contribution is 2.32. The minimum atomic E-state index is 0.705. The molecule has 2 heterocycles. The summed E-state index contributed by atoms with van der Waals surface area (Å²) < 4.78 is 0. The molecule has 3 nitrogen and oxygen atoms in total. The van der Waals surface area contributed by atoms with Crippen LogP contribution in [0.1, 0.15) is 19.8 Å². The Morgan fingerprint density at radius 3 is 3.07 bits per heavy atom. The quantitative estimate of drug-likeness (QED) is 0.675. The van der Waals surface area contributed by atoms with Gasteiger partial charge < -0.3 is 5.32 Å². The van der Waals surface area contributed by atoms with Crippen molar-refractivity contribution in [3.63, 3.8) is 0 Å². The second-order valence-electron chi connectivity index (χ2n) is 4.58. The maximum Gasteiger partial charge on any atom is 0.0622 e. The Morgan fingerprint density at radius 1 is 1.50 bits per heavy atom. The summed E-state index contributed by atoms with van der Waals surface area (Å²) in [6.07, 6.45) is 1.74. The molecule has 0 radical (unpaired) electrons. The van der Waals surface area contributed by atoms with Crippen LogP contribution in [-0.4, -0.2) is 37.1 Å². The van der Waals surface area contributed by atoms with Crippen molar-refractivity contribution in [1.82, 2.24) is 10.2 Å². The third-order valence-corrected chi connectivity index (χ3v) is 3.79. The summed E-state index contributed by atoms with van der Waals surface area (Å²) in [6.45, 7) is 7.08. The van der Waals surface area contributed by atoms with Gasteiger partial charge in [0.2, 0.25) is 0 Å². The Morgan fingerprint density at radius 2 is 2.36 bits per heavy atom. The van der Waals surface area contributed by atoms with Gasteiger partial charge in [0.25, 0.3) is 0 Å². The average molecular weight is 193 g/mol. The van der Waals surface area contributed by atoms with E-state index < -0.39 is 0 Å². The van der Waals surface area contributed by atoms with Crippen LogP contribution in [0.2, 0.25) is 0 Å². The summed E-state index contributed by atoms with van der Waals surface area (Å²) in [5.74, 6) is 1.73. The lowest BCUT2D eigenvalue weighted by atomic mass is 9.95. The van der Waals surface area contributed by atoms with Gasteiger partial charge in [-0.15, -0.1) is 0 Å². The zero-order chi connectivity index (χ0) is 9.97. The largest absolute Gasteiger partial charge is 0.316 e. The Kier molecular flexibility index (Phi) is 3.05. The fourth-order valence-corrected chi connectivity index (χ4v) is 2.91. The first-order valence-corrected chi connectivity index (χ1v) is 5.64. The van der Waals surface area contributed by atoms with E-state index in [9.17, 15) is 0 Å². The minimum absolute atomic E-state index is 0.705. The van der Waals surface area contributed by atoms with Crippen LogP contribution >= 0.6 is 0 Å². The summed E-state index contributed by atoms with van der Waals surface area (Å²) in [4.78, 5) is 2.56. The fraction of sp³-hybridized carbons (Fsp3) is 0.909. The van der Waals surface area contributed by atoms with Crippen LogP contribution in [0.15, 0.2) is 0 Å². The Hall–Kier alpha value is -0.590. The number of hydrogen-bond acceptors (Lipinski definition) is 3. The summed E-state index contributed by atoms with van der Waals surface area (Å²) in [7, 11) is 0. The topological polar surface area (TPSA) is 39.1 Å². The number of hydrogen-bond donors (Lipinski definition) is 1. The Bertz CT molecular complexity index is 233. The summed E-state index contributed by atoms with van der Waals surface area (Å²) in [5.41, 5.74) is 0. The van der Waals surface area contributed by atoms with Crippen LogP contribution in [0, 0.1) is 23.2 Å². The van der Waals surface area contributed by atoms with Crippen LogP contribution < -0.4 is 5.32 Å². The molecule has 0 aromatic carbocycles. The molecule has 0 aromatic rings. The molecular formula is C11H19N3. The zero-order valence-electron chi connectivity index (χ0n) is 8.87. The highest BCUT2D eigenvalue weighted by molar-refractivity contribution is 4.96. The second-order valence-corrected chi connectivity index (χ2v) is 4.58. The lowest BCUT2D eigenvalue weighted by Crippen LogP contribution is -2.33. The third kappa shape index (κ3) is 1.77. The van der Waals surface area contributed by atoms with Gasteiger partial charge in [0.05, 0.1) is 6.07 Å². The van der Waals surface area contributed by atoms with Gasteiger partial charge in [0.15, 0.2) is 0 Å².